The van der Waals surface area contributed by atoms with E-state index in [0.29, 0.717) is 25.2 Å². The van der Waals surface area contributed by atoms with Gasteiger partial charge in [-0.1, -0.05) is 18.2 Å². The van der Waals surface area contributed by atoms with Crippen molar-refractivity contribution in [2.75, 3.05) is 19.3 Å². The zero-order valence-electron chi connectivity index (χ0n) is 12.8. The largest absolute Gasteiger partial charge is 0.465 e. The topological polar surface area (TPSA) is 100 Å². The number of nitrogens with zero attached hydrogens (tertiary/aromatic N) is 3. The molecule has 3 rings (SSSR count). The van der Waals surface area contributed by atoms with Gasteiger partial charge in [-0.2, -0.15) is 8.75 Å². The van der Waals surface area contributed by atoms with Crippen molar-refractivity contribution < 1.29 is 18.3 Å². The number of carboxylic acid groups (broad SMARTS) is 1. The number of sulfone groups is 1. The van der Waals surface area contributed by atoms with Gasteiger partial charge in [-0.25, -0.2) is 13.2 Å². The van der Waals surface area contributed by atoms with Gasteiger partial charge in [0.15, 0.2) is 9.84 Å². The molecule has 126 valence electrons. The Morgan fingerprint density at radius 2 is 1.88 bits per heavy atom. The molecule has 1 aliphatic rings. The molecule has 9 heteroatoms. The van der Waals surface area contributed by atoms with Crippen LogP contribution < -0.4 is 0 Å². The van der Waals surface area contributed by atoms with Crippen molar-refractivity contribution in [3.8, 4) is 11.3 Å². The SMILES string of the molecule is CS(=O)(=O)c1ccc(-c2nsnc2C2=CCN(C(=O)O)CC2)cc1. The van der Waals surface area contributed by atoms with Crippen LogP contribution in [0.5, 0.6) is 0 Å². The fourth-order valence-electron chi connectivity index (χ4n) is 2.51. The van der Waals surface area contributed by atoms with Gasteiger partial charge in [0.1, 0.15) is 11.4 Å². The first-order valence-electron chi connectivity index (χ1n) is 7.16. The summed E-state index contributed by atoms with van der Waals surface area (Å²) in [5.41, 5.74) is 3.17. The van der Waals surface area contributed by atoms with Crippen molar-refractivity contribution >= 4 is 33.2 Å². The van der Waals surface area contributed by atoms with Crippen LogP contribution in [-0.4, -0.2) is 52.6 Å². The molecule has 1 aliphatic heterocycles. The summed E-state index contributed by atoms with van der Waals surface area (Å²) in [6.07, 6.45) is 2.66. The molecule has 1 amide bonds. The highest BCUT2D eigenvalue weighted by Crippen LogP contribution is 2.31. The number of hydrogen-bond acceptors (Lipinski definition) is 6. The molecular weight excluding hydrogens is 350 g/mol. The second-order valence-electron chi connectivity index (χ2n) is 5.47. The van der Waals surface area contributed by atoms with E-state index in [-0.39, 0.29) is 4.90 Å². The van der Waals surface area contributed by atoms with E-state index in [9.17, 15) is 13.2 Å². The van der Waals surface area contributed by atoms with Crippen molar-refractivity contribution in [1.29, 1.82) is 0 Å². The molecule has 24 heavy (non-hydrogen) atoms. The lowest BCUT2D eigenvalue weighted by Crippen LogP contribution is -2.33. The third kappa shape index (κ3) is 3.31. The summed E-state index contributed by atoms with van der Waals surface area (Å²) in [5, 5.41) is 9.00. The highest BCUT2D eigenvalue weighted by Gasteiger charge is 2.21. The fraction of sp³-hybridized carbons (Fsp3) is 0.267. The summed E-state index contributed by atoms with van der Waals surface area (Å²) in [6.45, 7) is 0.750. The van der Waals surface area contributed by atoms with Crippen molar-refractivity contribution in [3.05, 3.63) is 36.0 Å². The Balaban J connectivity index is 1.90. The smallest absolute Gasteiger partial charge is 0.407 e. The third-order valence-electron chi connectivity index (χ3n) is 3.83. The third-order valence-corrected chi connectivity index (χ3v) is 5.49. The van der Waals surface area contributed by atoms with E-state index in [0.717, 1.165) is 28.6 Å². The molecule has 0 radical (unpaired) electrons. The molecule has 0 fully saturated rings. The Labute approximate surface area is 143 Å². The van der Waals surface area contributed by atoms with Crippen LogP contribution in [0.15, 0.2) is 35.2 Å². The lowest BCUT2D eigenvalue weighted by molar-refractivity contribution is 0.150. The predicted octanol–water partition coefficient (Wildman–Crippen LogP) is 2.38. The maximum Gasteiger partial charge on any atom is 0.407 e. The molecule has 0 spiro atoms. The lowest BCUT2D eigenvalue weighted by atomic mass is 10.0. The molecule has 7 nitrogen and oxygen atoms in total. The second-order valence-corrected chi connectivity index (χ2v) is 8.01. The van der Waals surface area contributed by atoms with E-state index in [1.165, 1.54) is 11.2 Å². The van der Waals surface area contributed by atoms with Gasteiger partial charge in [0, 0.05) is 24.9 Å². The maximum absolute atomic E-state index is 11.5. The molecule has 2 aromatic rings. The molecule has 0 saturated heterocycles. The van der Waals surface area contributed by atoms with Crippen molar-refractivity contribution in [2.45, 2.75) is 11.3 Å². The minimum absolute atomic E-state index is 0.255. The monoisotopic (exact) mass is 365 g/mol. The Morgan fingerprint density at radius 3 is 2.42 bits per heavy atom. The lowest BCUT2D eigenvalue weighted by Gasteiger charge is -2.23. The number of hydrogen-bond donors (Lipinski definition) is 1. The van der Waals surface area contributed by atoms with E-state index >= 15 is 0 Å². The van der Waals surface area contributed by atoms with Crippen molar-refractivity contribution in [1.82, 2.24) is 13.6 Å². The Kier molecular flexibility index (Phi) is 4.37. The van der Waals surface area contributed by atoms with Crippen LogP contribution in [0.25, 0.3) is 16.8 Å². The molecule has 0 atom stereocenters. The molecule has 1 N–H and O–H groups in total. The van der Waals surface area contributed by atoms with Gasteiger partial charge < -0.3 is 10.0 Å². The summed E-state index contributed by atoms with van der Waals surface area (Å²) < 4.78 is 31.7. The van der Waals surface area contributed by atoms with Crippen LogP contribution in [0.3, 0.4) is 0 Å². The Hall–Kier alpha value is -2.26. The molecule has 0 saturated carbocycles. The summed E-state index contributed by atoms with van der Waals surface area (Å²) in [4.78, 5) is 12.6. The Morgan fingerprint density at radius 1 is 1.21 bits per heavy atom. The van der Waals surface area contributed by atoms with Gasteiger partial charge in [0.05, 0.1) is 16.6 Å². The summed E-state index contributed by atoms with van der Waals surface area (Å²) >= 11 is 1.08. The van der Waals surface area contributed by atoms with Gasteiger partial charge >= 0.3 is 6.09 Å². The number of carbonyl (C=O) groups is 1. The molecule has 0 unspecified atom stereocenters. The quantitative estimate of drug-likeness (QED) is 0.896. The first-order valence-corrected chi connectivity index (χ1v) is 9.79. The van der Waals surface area contributed by atoms with E-state index in [4.69, 9.17) is 5.11 Å². The van der Waals surface area contributed by atoms with Crippen LogP contribution in [0, 0.1) is 0 Å². The average Bonchev–Trinajstić information content (AvgIpc) is 3.04. The molecular formula is C15H15N3O4S2. The maximum atomic E-state index is 11.5. The second kappa shape index (κ2) is 6.33. The van der Waals surface area contributed by atoms with E-state index in [2.05, 4.69) is 8.75 Å². The van der Waals surface area contributed by atoms with Crippen LogP contribution in [0.2, 0.25) is 0 Å². The minimum Gasteiger partial charge on any atom is -0.465 e. The van der Waals surface area contributed by atoms with E-state index in [1.54, 1.807) is 24.3 Å². The van der Waals surface area contributed by atoms with E-state index in [1.807, 2.05) is 6.08 Å². The van der Waals surface area contributed by atoms with Crippen LogP contribution in [0.4, 0.5) is 4.79 Å². The molecule has 0 bridgehead atoms. The number of benzene rings is 1. The van der Waals surface area contributed by atoms with Gasteiger partial charge in [0.25, 0.3) is 0 Å². The Bertz CT molecular complexity index is 901. The summed E-state index contributed by atoms with van der Waals surface area (Å²) in [7, 11) is -3.24. The van der Waals surface area contributed by atoms with Gasteiger partial charge in [-0.05, 0) is 24.1 Å². The highest BCUT2D eigenvalue weighted by atomic mass is 32.2. The summed E-state index contributed by atoms with van der Waals surface area (Å²) in [6, 6.07) is 6.53. The number of aromatic nitrogens is 2. The van der Waals surface area contributed by atoms with E-state index < -0.39 is 15.9 Å². The van der Waals surface area contributed by atoms with Gasteiger partial charge in [-0.3, -0.25) is 0 Å². The zero-order chi connectivity index (χ0) is 17.3. The number of amides is 1. The normalized spacial score (nSPS) is 15.2. The zero-order valence-corrected chi connectivity index (χ0v) is 14.5. The molecule has 1 aromatic heterocycles. The molecule has 2 heterocycles. The fourth-order valence-corrected chi connectivity index (χ4v) is 3.74. The first kappa shape index (κ1) is 16.6. The van der Waals surface area contributed by atoms with Crippen molar-refractivity contribution in [3.63, 3.8) is 0 Å². The predicted molar refractivity (Wildman–Crippen MR) is 90.6 cm³/mol. The standard InChI is InChI=1S/C15H15N3O4S2/c1-24(21,22)12-4-2-10(3-5-12)13-14(17-23-16-13)11-6-8-18(9-7-11)15(19)20/h2-6H,7-9H2,1H3,(H,19,20). The highest BCUT2D eigenvalue weighted by molar-refractivity contribution is 7.90. The van der Waals surface area contributed by atoms with Gasteiger partial charge in [-0.15, -0.1) is 0 Å². The van der Waals surface area contributed by atoms with Crippen LogP contribution >= 0.6 is 11.7 Å². The first-order chi connectivity index (χ1) is 11.4. The van der Waals surface area contributed by atoms with Crippen LogP contribution in [0.1, 0.15) is 12.1 Å². The van der Waals surface area contributed by atoms with Crippen molar-refractivity contribution in [2.24, 2.45) is 0 Å². The average molecular weight is 365 g/mol. The van der Waals surface area contributed by atoms with Crippen LogP contribution in [-0.2, 0) is 9.84 Å². The number of rotatable bonds is 3. The minimum atomic E-state index is -3.24. The van der Waals surface area contributed by atoms with Gasteiger partial charge in [0.2, 0.25) is 0 Å². The molecule has 0 aliphatic carbocycles. The molecule has 1 aromatic carbocycles. The summed E-state index contributed by atoms with van der Waals surface area (Å²) in [5.74, 6) is 0.